The van der Waals surface area contributed by atoms with Crippen molar-refractivity contribution in [1.82, 2.24) is 15.2 Å². The summed E-state index contributed by atoms with van der Waals surface area (Å²) in [4.78, 5) is 17.9. The van der Waals surface area contributed by atoms with Gasteiger partial charge in [-0.3, -0.25) is 9.89 Å². The van der Waals surface area contributed by atoms with Crippen LogP contribution in [-0.2, 0) is 11.2 Å². The second kappa shape index (κ2) is 6.55. The molecule has 6 nitrogen and oxygen atoms in total. The van der Waals surface area contributed by atoms with Gasteiger partial charge in [0.2, 0.25) is 0 Å². The minimum Gasteiger partial charge on any atom is -0.481 e. The summed E-state index contributed by atoms with van der Waals surface area (Å²) in [6.45, 7) is 1.86. The number of pyridine rings is 1. The number of hydrogen-bond donors (Lipinski definition) is 2. The zero-order valence-corrected chi connectivity index (χ0v) is 13.9. The number of aliphatic carboxylic acids is 1. The number of carboxylic acid groups (broad SMARTS) is 1. The maximum atomic E-state index is 10.8. The highest BCUT2D eigenvalue weighted by atomic mass is 16.4. The van der Waals surface area contributed by atoms with Crippen LogP contribution in [0.5, 0.6) is 0 Å². The first-order chi connectivity index (χ1) is 12.2. The number of carbonyl (C=O) groups is 1. The maximum Gasteiger partial charge on any atom is 0.309 e. The van der Waals surface area contributed by atoms with E-state index in [1.807, 2.05) is 24.3 Å². The van der Waals surface area contributed by atoms with E-state index in [-0.39, 0.29) is 6.42 Å². The Hall–Kier alpha value is -2.89. The second-order valence-electron chi connectivity index (χ2n) is 6.51. The molecule has 4 rings (SSSR count). The molecule has 1 saturated heterocycles. The van der Waals surface area contributed by atoms with Crippen LogP contribution in [0, 0.1) is 0 Å². The average molecular weight is 336 g/mol. The van der Waals surface area contributed by atoms with E-state index < -0.39 is 5.97 Å². The van der Waals surface area contributed by atoms with Gasteiger partial charge >= 0.3 is 5.97 Å². The predicted octanol–water partition coefficient (Wildman–Crippen LogP) is 2.97. The van der Waals surface area contributed by atoms with E-state index in [0.717, 1.165) is 48.3 Å². The molecule has 0 unspecified atom stereocenters. The van der Waals surface area contributed by atoms with Crippen LogP contribution < -0.4 is 4.90 Å². The van der Waals surface area contributed by atoms with Gasteiger partial charge in [0, 0.05) is 30.1 Å². The van der Waals surface area contributed by atoms with Gasteiger partial charge < -0.3 is 10.0 Å². The summed E-state index contributed by atoms with van der Waals surface area (Å²) in [5.74, 6) is 0.550. The Kier molecular flexibility index (Phi) is 4.09. The lowest BCUT2D eigenvalue weighted by atomic mass is 9.93. The third-order valence-electron chi connectivity index (χ3n) is 4.81. The quantitative estimate of drug-likeness (QED) is 0.765. The van der Waals surface area contributed by atoms with Crippen molar-refractivity contribution in [2.24, 2.45) is 0 Å². The van der Waals surface area contributed by atoms with Crippen molar-refractivity contribution in [2.75, 3.05) is 18.0 Å². The number of aromatic nitrogens is 3. The molecule has 0 amide bonds. The fraction of sp³-hybridized carbons (Fsp3) is 0.316. The lowest BCUT2D eigenvalue weighted by molar-refractivity contribution is -0.136. The van der Waals surface area contributed by atoms with Gasteiger partial charge in [-0.1, -0.05) is 18.2 Å². The van der Waals surface area contributed by atoms with Crippen molar-refractivity contribution < 1.29 is 9.90 Å². The van der Waals surface area contributed by atoms with Gasteiger partial charge in [0.15, 0.2) is 0 Å². The molecule has 0 bridgehead atoms. The number of H-pyrrole nitrogens is 1. The van der Waals surface area contributed by atoms with Gasteiger partial charge in [-0.05, 0) is 37.1 Å². The number of carboxylic acids is 1. The molecule has 1 aliphatic rings. The molecule has 0 aliphatic carbocycles. The molecule has 0 atom stereocenters. The first kappa shape index (κ1) is 15.6. The van der Waals surface area contributed by atoms with Crippen LogP contribution in [0.15, 0.2) is 42.5 Å². The predicted molar refractivity (Wildman–Crippen MR) is 95.9 cm³/mol. The lowest BCUT2D eigenvalue weighted by Gasteiger charge is -2.32. The van der Waals surface area contributed by atoms with Crippen LogP contribution in [-0.4, -0.2) is 39.3 Å². The Bertz CT molecular complexity index is 897. The lowest BCUT2D eigenvalue weighted by Crippen LogP contribution is -2.33. The zero-order chi connectivity index (χ0) is 17.2. The molecule has 6 heteroatoms. The zero-order valence-electron chi connectivity index (χ0n) is 13.9. The van der Waals surface area contributed by atoms with Gasteiger partial charge in [0.05, 0.1) is 17.6 Å². The van der Waals surface area contributed by atoms with Crippen LogP contribution in [0.3, 0.4) is 0 Å². The van der Waals surface area contributed by atoms with Gasteiger partial charge in [-0.2, -0.15) is 5.10 Å². The maximum absolute atomic E-state index is 10.8. The smallest absolute Gasteiger partial charge is 0.309 e. The summed E-state index contributed by atoms with van der Waals surface area (Å²) in [6.07, 6.45) is 1.98. The van der Waals surface area contributed by atoms with Gasteiger partial charge in [0.25, 0.3) is 0 Å². The molecule has 2 aromatic heterocycles. The molecule has 2 N–H and O–H groups in total. The normalized spacial score (nSPS) is 15.6. The Morgan fingerprint density at radius 1 is 1.20 bits per heavy atom. The molecule has 3 heterocycles. The minimum absolute atomic E-state index is 0.00709. The fourth-order valence-corrected chi connectivity index (χ4v) is 3.48. The van der Waals surface area contributed by atoms with Crippen LogP contribution in [0.4, 0.5) is 5.82 Å². The number of anilines is 1. The second-order valence-corrected chi connectivity index (χ2v) is 6.51. The van der Waals surface area contributed by atoms with Crippen molar-refractivity contribution in [3.8, 4) is 0 Å². The molecular weight excluding hydrogens is 316 g/mol. The van der Waals surface area contributed by atoms with E-state index in [4.69, 9.17) is 10.1 Å². The molecule has 0 spiro atoms. The van der Waals surface area contributed by atoms with Crippen LogP contribution in [0.1, 0.15) is 30.1 Å². The largest absolute Gasteiger partial charge is 0.481 e. The molecule has 0 radical (unpaired) electrons. The fourth-order valence-electron chi connectivity index (χ4n) is 3.48. The van der Waals surface area contributed by atoms with Crippen molar-refractivity contribution in [3.05, 3.63) is 53.9 Å². The van der Waals surface area contributed by atoms with E-state index >= 15 is 0 Å². The van der Waals surface area contributed by atoms with Gasteiger partial charge in [0.1, 0.15) is 5.82 Å². The Balaban J connectivity index is 1.43. The Labute approximate surface area is 145 Å². The van der Waals surface area contributed by atoms with Crippen molar-refractivity contribution in [3.63, 3.8) is 0 Å². The van der Waals surface area contributed by atoms with Crippen molar-refractivity contribution >= 4 is 22.7 Å². The molecule has 3 aromatic rings. The van der Waals surface area contributed by atoms with E-state index in [2.05, 4.69) is 33.3 Å². The Morgan fingerprint density at radius 2 is 2.00 bits per heavy atom. The highest BCUT2D eigenvalue weighted by molar-refractivity contribution is 5.80. The first-order valence-corrected chi connectivity index (χ1v) is 8.56. The number of nitrogens with zero attached hydrogens (tertiary/aromatic N) is 3. The van der Waals surface area contributed by atoms with Gasteiger partial charge in [-0.25, -0.2) is 4.98 Å². The topological polar surface area (TPSA) is 82.1 Å². The van der Waals surface area contributed by atoms with Gasteiger partial charge in [-0.15, -0.1) is 0 Å². The molecule has 1 aliphatic heterocycles. The van der Waals surface area contributed by atoms with E-state index in [9.17, 15) is 4.79 Å². The van der Waals surface area contributed by atoms with E-state index in [1.165, 1.54) is 0 Å². The minimum atomic E-state index is -0.840. The van der Waals surface area contributed by atoms with Crippen molar-refractivity contribution in [1.29, 1.82) is 0 Å². The summed E-state index contributed by atoms with van der Waals surface area (Å²) in [6, 6.07) is 14.2. The highest BCUT2D eigenvalue weighted by Gasteiger charge is 2.23. The third kappa shape index (κ3) is 3.33. The first-order valence-electron chi connectivity index (χ1n) is 8.56. The molecule has 25 heavy (non-hydrogen) atoms. The van der Waals surface area contributed by atoms with E-state index in [1.54, 1.807) is 0 Å². The number of piperidine rings is 1. The Morgan fingerprint density at radius 3 is 2.80 bits per heavy atom. The SMILES string of the molecule is O=C(O)Cc1cc(C2CCN(c3ccc4ccccc4n3)CC2)n[nH]1. The monoisotopic (exact) mass is 336 g/mol. The highest BCUT2D eigenvalue weighted by Crippen LogP contribution is 2.29. The number of nitrogens with one attached hydrogen (secondary N) is 1. The summed E-state index contributed by atoms with van der Waals surface area (Å²) in [5.41, 5.74) is 2.66. The summed E-state index contributed by atoms with van der Waals surface area (Å²) >= 11 is 0. The van der Waals surface area contributed by atoms with E-state index in [0.29, 0.717) is 11.6 Å². The number of fused-ring (bicyclic) bond motifs is 1. The van der Waals surface area contributed by atoms with Crippen LogP contribution in [0.25, 0.3) is 10.9 Å². The number of aromatic amines is 1. The molecule has 0 saturated carbocycles. The molecule has 1 fully saturated rings. The molecule has 128 valence electrons. The molecular formula is C19H20N4O2. The van der Waals surface area contributed by atoms with Crippen LogP contribution in [0.2, 0.25) is 0 Å². The third-order valence-corrected chi connectivity index (χ3v) is 4.81. The molecule has 1 aromatic carbocycles. The number of hydrogen-bond acceptors (Lipinski definition) is 4. The summed E-state index contributed by atoms with van der Waals surface area (Å²) in [7, 11) is 0. The standard InChI is InChI=1S/C19H20N4O2/c24-19(25)12-15-11-17(22-21-15)14-7-9-23(10-8-14)18-6-5-13-3-1-2-4-16(13)20-18/h1-6,11,14H,7-10,12H2,(H,21,22)(H,24,25). The van der Waals surface area contributed by atoms with Crippen LogP contribution >= 0.6 is 0 Å². The average Bonchev–Trinajstić information content (AvgIpc) is 3.09. The van der Waals surface area contributed by atoms with Crippen molar-refractivity contribution in [2.45, 2.75) is 25.2 Å². The summed E-state index contributed by atoms with van der Waals surface area (Å²) < 4.78 is 0. The number of benzene rings is 1. The number of para-hydroxylation sites is 1. The summed E-state index contributed by atoms with van der Waals surface area (Å²) in [5, 5.41) is 17.2. The number of rotatable bonds is 4.